The van der Waals surface area contributed by atoms with E-state index >= 15 is 0 Å². The first-order valence-electron chi connectivity index (χ1n) is 10.6. The molecule has 152 valence electrons. The van der Waals surface area contributed by atoms with Crippen LogP contribution in [-0.2, 0) is 4.79 Å². The minimum absolute atomic E-state index is 0.708. The third kappa shape index (κ3) is 5.13. The van der Waals surface area contributed by atoms with Gasteiger partial charge in [-0.25, -0.2) is 4.98 Å². The lowest BCUT2D eigenvalue weighted by Gasteiger charge is -2.32. The van der Waals surface area contributed by atoms with Gasteiger partial charge in [0.2, 0.25) is 12.4 Å². The van der Waals surface area contributed by atoms with Gasteiger partial charge in [-0.3, -0.25) is 4.79 Å². The predicted octanol–water partition coefficient (Wildman–Crippen LogP) is 3.72. The van der Waals surface area contributed by atoms with Crippen molar-refractivity contribution in [2.75, 3.05) is 42.9 Å². The van der Waals surface area contributed by atoms with Crippen molar-refractivity contribution in [1.82, 2.24) is 14.9 Å². The fourth-order valence-corrected chi connectivity index (χ4v) is 3.93. The van der Waals surface area contributed by atoms with Crippen LogP contribution in [0.3, 0.4) is 0 Å². The van der Waals surface area contributed by atoms with Crippen LogP contribution < -0.4 is 10.2 Å². The second kappa shape index (κ2) is 9.54. The van der Waals surface area contributed by atoms with Gasteiger partial charge in [-0.2, -0.15) is 4.98 Å². The summed E-state index contributed by atoms with van der Waals surface area (Å²) in [6, 6.07) is 12.3. The summed E-state index contributed by atoms with van der Waals surface area (Å²) in [4.78, 5) is 24.6. The third-order valence-corrected chi connectivity index (χ3v) is 5.67. The number of rotatable bonds is 7. The first kappa shape index (κ1) is 19.4. The largest absolute Gasteiger partial charge is 0.370 e. The van der Waals surface area contributed by atoms with Crippen molar-refractivity contribution in [3.05, 3.63) is 48.0 Å². The highest BCUT2D eigenvalue weighted by Gasteiger charge is 2.19. The van der Waals surface area contributed by atoms with Crippen molar-refractivity contribution in [2.24, 2.45) is 0 Å². The molecule has 4 rings (SSSR count). The van der Waals surface area contributed by atoms with Crippen LogP contribution in [0.4, 0.5) is 11.8 Å². The fraction of sp³-hybridized carbons (Fsp3) is 0.435. The lowest BCUT2D eigenvalue weighted by molar-refractivity contribution is -0.118. The van der Waals surface area contributed by atoms with E-state index in [1.54, 1.807) is 10.5 Å². The Morgan fingerprint density at radius 2 is 1.86 bits per heavy atom. The van der Waals surface area contributed by atoms with Crippen molar-refractivity contribution < 1.29 is 4.79 Å². The molecule has 0 saturated carbocycles. The van der Waals surface area contributed by atoms with Crippen LogP contribution in [-0.4, -0.2) is 54.0 Å². The first-order valence-corrected chi connectivity index (χ1v) is 10.6. The number of nitrogens with one attached hydrogen (secondary N) is 1. The Labute approximate surface area is 172 Å². The molecule has 1 aromatic carbocycles. The zero-order chi connectivity index (χ0) is 19.9. The smallest absolute Gasteiger partial charge is 0.227 e. The minimum Gasteiger partial charge on any atom is -0.370 e. The lowest BCUT2D eigenvalue weighted by atomic mass is 9.97. The molecular formula is C23H29N5O. The summed E-state index contributed by atoms with van der Waals surface area (Å²) in [5.41, 5.74) is 3.57. The van der Waals surface area contributed by atoms with E-state index in [4.69, 9.17) is 9.97 Å². The Kier molecular flexibility index (Phi) is 6.39. The van der Waals surface area contributed by atoms with Crippen LogP contribution in [0, 0.1) is 0 Å². The molecular weight excluding hydrogens is 362 g/mol. The van der Waals surface area contributed by atoms with Crippen LogP contribution in [0.15, 0.2) is 48.0 Å². The Bertz CT molecular complexity index is 844. The lowest BCUT2D eigenvalue weighted by Crippen LogP contribution is -2.46. The van der Waals surface area contributed by atoms with Gasteiger partial charge in [-0.15, -0.1) is 0 Å². The molecule has 1 saturated heterocycles. The third-order valence-electron chi connectivity index (χ3n) is 5.67. The van der Waals surface area contributed by atoms with E-state index in [1.807, 2.05) is 24.3 Å². The molecule has 6 heteroatoms. The van der Waals surface area contributed by atoms with Crippen molar-refractivity contribution >= 4 is 18.2 Å². The van der Waals surface area contributed by atoms with Gasteiger partial charge in [0, 0.05) is 44.4 Å². The summed E-state index contributed by atoms with van der Waals surface area (Å²) in [5, 5.41) is 3.52. The monoisotopic (exact) mass is 391 g/mol. The minimum atomic E-state index is 0.708. The average Bonchev–Trinajstić information content (AvgIpc) is 2.80. The molecule has 1 aromatic heterocycles. The number of hydrogen-bond donors (Lipinski definition) is 1. The average molecular weight is 392 g/mol. The maximum absolute atomic E-state index is 11.0. The second-order valence-corrected chi connectivity index (χ2v) is 7.72. The van der Waals surface area contributed by atoms with Crippen LogP contribution in [0.5, 0.6) is 0 Å². The maximum atomic E-state index is 11.0. The normalized spacial score (nSPS) is 17.0. The Balaban J connectivity index is 1.51. The van der Waals surface area contributed by atoms with Gasteiger partial charge in [0.15, 0.2) is 0 Å². The molecule has 2 aromatic rings. The molecule has 0 spiro atoms. The van der Waals surface area contributed by atoms with Gasteiger partial charge in [0.1, 0.15) is 5.82 Å². The molecule has 1 fully saturated rings. The van der Waals surface area contributed by atoms with Crippen LogP contribution in [0.2, 0.25) is 0 Å². The molecule has 0 radical (unpaired) electrons. The van der Waals surface area contributed by atoms with Gasteiger partial charge >= 0.3 is 0 Å². The molecule has 1 N–H and O–H groups in total. The van der Waals surface area contributed by atoms with E-state index in [0.717, 1.165) is 55.5 Å². The quantitative estimate of drug-likeness (QED) is 0.576. The predicted molar refractivity (Wildman–Crippen MR) is 117 cm³/mol. The molecule has 29 heavy (non-hydrogen) atoms. The Morgan fingerprint density at radius 3 is 2.59 bits per heavy atom. The van der Waals surface area contributed by atoms with Gasteiger partial charge in [-0.1, -0.05) is 42.0 Å². The highest BCUT2D eigenvalue weighted by Crippen LogP contribution is 2.24. The maximum Gasteiger partial charge on any atom is 0.227 e. The number of nitrogens with zero attached hydrogens (tertiary/aromatic N) is 4. The van der Waals surface area contributed by atoms with Crippen molar-refractivity contribution in [3.8, 4) is 11.3 Å². The van der Waals surface area contributed by atoms with Crippen LogP contribution in [0.25, 0.3) is 11.3 Å². The first-order chi connectivity index (χ1) is 14.3. The van der Waals surface area contributed by atoms with Crippen molar-refractivity contribution in [1.29, 1.82) is 0 Å². The van der Waals surface area contributed by atoms with E-state index < -0.39 is 0 Å². The second-order valence-electron chi connectivity index (χ2n) is 7.72. The SMILES string of the molecule is O=CN1CCN(c2nc(NCCC3=CCCCC3)cc(-c3ccccc3)n2)CC1. The molecule has 6 nitrogen and oxygen atoms in total. The molecule has 2 heterocycles. The number of piperazine rings is 1. The van der Waals surface area contributed by atoms with Crippen molar-refractivity contribution in [3.63, 3.8) is 0 Å². The van der Waals surface area contributed by atoms with Gasteiger partial charge in [0.25, 0.3) is 0 Å². The number of hydrogen-bond acceptors (Lipinski definition) is 5. The number of carbonyl (C=O) groups excluding carboxylic acids is 1. The standard InChI is InChI=1S/C23H29N5O/c29-18-27-13-15-28(16-14-27)23-25-21(20-9-5-2-6-10-20)17-22(26-23)24-12-11-19-7-3-1-4-8-19/h2,5-7,9-10,17-18H,1,3-4,8,11-16H2,(H,24,25,26). The van der Waals surface area contributed by atoms with E-state index in [9.17, 15) is 4.79 Å². The highest BCUT2D eigenvalue weighted by atomic mass is 16.1. The van der Waals surface area contributed by atoms with E-state index in [0.29, 0.717) is 13.1 Å². The van der Waals surface area contributed by atoms with Crippen LogP contribution in [0.1, 0.15) is 32.1 Å². The number of aromatic nitrogens is 2. The Morgan fingerprint density at radius 1 is 1.03 bits per heavy atom. The number of amides is 1. The molecule has 0 unspecified atom stereocenters. The zero-order valence-corrected chi connectivity index (χ0v) is 16.9. The van der Waals surface area contributed by atoms with Crippen LogP contribution >= 0.6 is 0 Å². The van der Waals surface area contributed by atoms with E-state index in [-0.39, 0.29) is 0 Å². The topological polar surface area (TPSA) is 61.4 Å². The summed E-state index contributed by atoms with van der Waals surface area (Å²) in [6.45, 7) is 3.81. The molecule has 1 aliphatic carbocycles. The van der Waals surface area contributed by atoms with Gasteiger partial charge < -0.3 is 15.1 Å². The van der Waals surface area contributed by atoms with Gasteiger partial charge in [-0.05, 0) is 32.1 Å². The van der Waals surface area contributed by atoms with E-state index in [2.05, 4.69) is 28.4 Å². The summed E-state index contributed by atoms with van der Waals surface area (Å²) >= 11 is 0. The number of allylic oxidation sites excluding steroid dienone is 1. The Hall–Kier alpha value is -2.89. The van der Waals surface area contributed by atoms with E-state index in [1.165, 1.54) is 25.7 Å². The highest BCUT2D eigenvalue weighted by molar-refractivity contribution is 5.64. The fourth-order valence-electron chi connectivity index (χ4n) is 3.93. The summed E-state index contributed by atoms with van der Waals surface area (Å²) in [5.74, 6) is 1.60. The summed E-state index contributed by atoms with van der Waals surface area (Å²) in [7, 11) is 0. The van der Waals surface area contributed by atoms with Crippen molar-refractivity contribution in [2.45, 2.75) is 32.1 Å². The molecule has 0 atom stereocenters. The molecule has 1 amide bonds. The zero-order valence-electron chi connectivity index (χ0n) is 16.9. The number of carbonyl (C=O) groups is 1. The number of benzene rings is 1. The molecule has 1 aliphatic heterocycles. The molecule has 0 bridgehead atoms. The summed E-state index contributed by atoms with van der Waals surface area (Å²) < 4.78 is 0. The number of anilines is 2. The molecule has 2 aliphatic rings. The summed E-state index contributed by atoms with van der Waals surface area (Å²) in [6.07, 6.45) is 9.48. The van der Waals surface area contributed by atoms with Gasteiger partial charge in [0.05, 0.1) is 5.69 Å².